The summed E-state index contributed by atoms with van der Waals surface area (Å²) in [5.41, 5.74) is 6.72. The first-order chi connectivity index (χ1) is 19.4. The van der Waals surface area contributed by atoms with Crippen molar-refractivity contribution < 1.29 is 23.0 Å². The molecular weight excluding hydrogens is 518 g/mol. The Morgan fingerprint density at radius 1 is 1.07 bits per heavy atom. The van der Waals surface area contributed by atoms with Crippen LogP contribution in [-0.2, 0) is 4.74 Å². The second-order valence-electron chi connectivity index (χ2n) is 9.17. The van der Waals surface area contributed by atoms with Crippen LogP contribution in [0.2, 0.25) is 0 Å². The molecule has 1 saturated heterocycles. The van der Waals surface area contributed by atoms with Gasteiger partial charge in [-0.3, -0.25) is 19.1 Å². The maximum absolute atomic E-state index is 15.1. The highest BCUT2D eigenvalue weighted by Crippen LogP contribution is 2.34. The monoisotopic (exact) mass is 544 g/mol. The van der Waals surface area contributed by atoms with Gasteiger partial charge >= 0.3 is 0 Å². The third-order valence-electron chi connectivity index (χ3n) is 6.56. The van der Waals surface area contributed by atoms with Gasteiger partial charge < -0.3 is 20.5 Å². The smallest absolute Gasteiger partial charge is 0.267 e. The molecule has 0 saturated carbocycles. The second kappa shape index (κ2) is 11.9. The van der Waals surface area contributed by atoms with Crippen molar-refractivity contribution in [3.8, 4) is 17.2 Å². The minimum Gasteiger partial charge on any atom is -0.452 e. The van der Waals surface area contributed by atoms with Gasteiger partial charge in [0.15, 0.2) is 17.3 Å². The Kier molecular flexibility index (Phi) is 7.97. The Labute approximate surface area is 228 Å². The first-order valence-electron chi connectivity index (χ1n) is 12.7. The van der Waals surface area contributed by atoms with Gasteiger partial charge in [-0.1, -0.05) is 0 Å². The van der Waals surface area contributed by atoms with Crippen molar-refractivity contribution in [2.45, 2.75) is 18.8 Å². The van der Waals surface area contributed by atoms with Gasteiger partial charge in [0.25, 0.3) is 11.5 Å². The molecule has 0 aliphatic carbocycles. The fraction of sp³-hybridized carbons (Fsp3) is 0.167. The number of carbonyl (C=O) groups is 1. The molecule has 3 N–H and O–H groups in total. The number of nitrogens with two attached hydrogens (primary N) is 1. The Bertz CT molecular complexity index is 1610. The molecule has 0 unspecified atom stereocenters. The first-order valence-corrected chi connectivity index (χ1v) is 12.7. The lowest BCUT2D eigenvalue weighted by atomic mass is 9.92. The normalized spacial score (nSPS) is 13.8. The molecule has 1 amide bonds. The van der Waals surface area contributed by atoms with Gasteiger partial charge in [-0.15, -0.1) is 0 Å². The van der Waals surface area contributed by atoms with Gasteiger partial charge in [-0.2, -0.15) is 0 Å². The number of pyridine rings is 2. The van der Waals surface area contributed by atoms with Crippen LogP contribution in [0.1, 0.15) is 40.4 Å². The average molecular weight is 545 g/mol. The molecule has 0 spiro atoms. The third kappa shape index (κ3) is 5.92. The number of anilines is 1. The SMILES string of the molecule is NC=Cc1ncc(C2CCOCC2)cc1Oc1ccc(NC(=O)c2cccn(-c3ccc(F)cc3)c2=O)cc1F. The number of hydrogen-bond donors (Lipinski definition) is 2. The average Bonchev–Trinajstić information content (AvgIpc) is 2.96. The van der Waals surface area contributed by atoms with Crippen molar-refractivity contribution in [1.82, 2.24) is 9.55 Å². The maximum atomic E-state index is 15.1. The van der Waals surface area contributed by atoms with E-state index in [2.05, 4.69) is 10.3 Å². The summed E-state index contributed by atoms with van der Waals surface area (Å²) in [6.45, 7) is 1.33. The largest absolute Gasteiger partial charge is 0.452 e. The van der Waals surface area contributed by atoms with Crippen LogP contribution in [0.5, 0.6) is 11.5 Å². The van der Waals surface area contributed by atoms with E-state index in [-0.39, 0.29) is 22.9 Å². The lowest BCUT2D eigenvalue weighted by Crippen LogP contribution is -2.27. The van der Waals surface area contributed by atoms with Crippen molar-refractivity contribution in [2.24, 2.45) is 5.73 Å². The highest BCUT2D eigenvalue weighted by molar-refractivity contribution is 6.04. The number of nitrogens with zero attached hydrogens (tertiary/aromatic N) is 2. The number of ether oxygens (including phenoxy) is 2. The molecule has 5 rings (SSSR count). The molecule has 0 radical (unpaired) electrons. The van der Waals surface area contributed by atoms with E-state index in [4.69, 9.17) is 15.2 Å². The van der Waals surface area contributed by atoms with Crippen molar-refractivity contribution in [3.63, 3.8) is 0 Å². The van der Waals surface area contributed by atoms with E-state index in [0.29, 0.717) is 30.3 Å². The molecular formula is C30H26F2N4O4. The van der Waals surface area contributed by atoms with E-state index in [1.165, 1.54) is 65.5 Å². The van der Waals surface area contributed by atoms with Crippen molar-refractivity contribution >= 4 is 17.7 Å². The highest BCUT2D eigenvalue weighted by Gasteiger charge is 2.19. The van der Waals surface area contributed by atoms with E-state index < -0.39 is 23.1 Å². The molecule has 40 heavy (non-hydrogen) atoms. The molecule has 1 aliphatic rings. The van der Waals surface area contributed by atoms with Crippen LogP contribution >= 0.6 is 0 Å². The van der Waals surface area contributed by atoms with Crippen molar-refractivity contribution in [3.05, 3.63) is 118 Å². The van der Waals surface area contributed by atoms with E-state index >= 15 is 4.39 Å². The van der Waals surface area contributed by atoms with Gasteiger partial charge in [0.05, 0.1) is 0 Å². The summed E-state index contributed by atoms with van der Waals surface area (Å²) in [5, 5.41) is 2.54. The van der Waals surface area contributed by atoms with Crippen LogP contribution in [0.4, 0.5) is 14.5 Å². The molecule has 4 aromatic rings. The number of rotatable bonds is 7. The van der Waals surface area contributed by atoms with Crippen molar-refractivity contribution in [1.29, 1.82) is 0 Å². The third-order valence-corrected chi connectivity index (χ3v) is 6.56. The Balaban J connectivity index is 1.35. The second-order valence-corrected chi connectivity index (χ2v) is 9.17. The molecule has 2 aromatic heterocycles. The number of aromatic nitrogens is 2. The molecule has 1 fully saturated rings. The number of hydrogen-bond acceptors (Lipinski definition) is 6. The number of benzene rings is 2. The van der Waals surface area contributed by atoms with E-state index in [0.717, 1.165) is 24.5 Å². The molecule has 8 nitrogen and oxygen atoms in total. The minimum absolute atomic E-state index is 0.0750. The summed E-state index contributed by atoms with van der Waals surface area (Å²) in [6, 6.07) is 13.9. The lowest BCUT2D eigenvalue weighted by Gasteiger charge is -2.23. The number of nitrogens with one attached hydrogen (secondary N) is 1. The summed E-state index contributed by atoms with van der Waals surface area (Å²) in [6.07, 6.45) is 7.83. The predicted molar refractivity (Wildman–Crippen MR) is 147 cm³/mol. The van der Waals surface area contributed by atoms with Crippen molar-refractivity contribution in [2.75, 3.05) is 18.5 Å². The maximum Gasteiger partial charge on any atom is 0.267 e. The van der Waals surface area contributed by atoms with Gasteiger partial charge in [0, 0.05) is 43.0 Å². The molecule has 0 atom stereocenters. The quantitative estimate of drug-likeness (QED) is 0.324. The zero-order chi connectivity index (χ0) is 28.1. The molecule has 2 aromatic carbocycles. The standard InChI is InChI=1S/C30H26F2N4O4/c31-21-3-6-23(7-4-21)36-13-1-2-24(30(36)38)29(37)35-22-5-8-27(25(32)17-22)40-28-16-20(18-34-26(28)9-12-33)19-10-14-39-15-11-19/h1-9,12-13,16-19H,10-11,14-15,33H2,(H,35,37). The fourth-order valence-electron chi connectivity index (χ4n) is 4.47. The zero-order valence-corrected chi connectivity index (χ0v) is 21.3. The van der Waals surface area contributed by atoms with Gasteiger partial charge in [0.2, 0.25) is 0 Å². The van der Waals surface area contributed by atoms with Crippen LogP contribution in [0.15, 0.2) is 84.1 Å². The van der Waals surface area contributed by atoms with Gasteiger partial charge in [0.1, 0.15) is 17.1 Å². The molecule has 10 heteroatoms. The Hall–Kier alpha value is -4.83. The summed E-state index contributed by atoms with van der Waals surface area (Å²) in [4.78, 5) is 30.3. The molecule has 0 bridgehead atoms. The number of halogens is 2. The zero-order valence-electron chi connectivity index (χ0n) is 21.3. The fourth-order valence-corrected chi connectivity index (χ4v) is 4.47. The van der Waals surface area contributed by atoms with Crippen LogP contribution < -0.4 is 21.3 Å². The van der Waals surface area contributed by atoms with Crippen LogP contribution in [0.3, 0.4) is 0 Å². The first kappa shape index (κ1) is 26.8. The topological polar surface area (TPSA) is 108 Å². The Morgan fingerprint density at radius 2 is 1.85 bits per heavy atom. The lowest BCUT2D eigenvalue weighted by molar-refractivity contribution is 0.0852. The van der Waals surface area contributed by atoms with Crippen LogP contribution in [0.25, 0.3) is 11.8 Å². The molecule has 204 valence electrons. The van der Waals surface area contributed by atoms with Crippen LogP contribution in [-0.4, -0.2) is 28.7 Å². The van der Waals surface area contributed by atoms with E-state index in [9.17, 15) is 14.0 Å². The number of amides is 1. The minimum atomic E-state index is -0.728. The summed E-state index contributed by atoms with van der Waals surface area (Å²) in [5.74, 6) is -1.38. The summed E-state index contributed by atoms with van der Waals surface area (Å²) in [7, 11) is 0. The number of carbonyl (C=O) groups excluding carboxylic acids is 1. The molecule has 1 aliphatic heterocycles. The van der Waals surface area contributed by atoms with Crippen LogP contribution in [0, 0.1) is 11.6 Å². The van der Waals surface area contributed by atoms with E-state index in [1.54, 1.807) is 12.3 Å². The highest BCUT2D eigenvalue weighted by atomic mass is 19.1. The van der Waals surface area contributed by atoms with Gasteiger partial charge in [-0.25, -0.2) is 8.78 Å². The van der Waals surface area contributed by atoms with E-state index in [1.807, 2.05) is 6.07 Å². The van der Waals surface area contributed by atoms with Gasteiger partial charge in [-0.05, 0) is 91.2 Å². The summed E-state index contributed by atoms with van der Waals surface area (Å²) < 4.78 is 40.9. The molecule has 3 heterocycles. The summed E-state index contributed by atoms with van der Waals surface area (Å²) >= 11 is 0. The Morgan fingerprint density at radius 3 is 2.58 bits per heavy atom. The predicted octanol–water partition coefficient (Wildman–Crippen LogP) is 5.38.